The van der Waals surface area contributed by atoms with Crippen LogP contribution in [0.2, 0.25) is 0 Å². The van der Waals surface area contributed by atoms with Gasteiger partial charge in [-0.25, -0.2) is 0 Å². The third-order valence-electron chi connectivity index (χ3n) is 1.95. The Balaban J connectivity index is 2.23. The standard InChI is InChI=1S/C10H10N3/c11-7-8-1-3-9(4-2-8)10-5-6-12-13-10/h1-6H,7,11H2. The van der Waals surface area contributed by atoms with Crippen LogP contribution in [-0.2, 0) is 6.54 Å². The molecule has 1 aliphatic heterocycles. The third-order valence-corrected chi connectivity index (χ3v) is 1.95. The predicted molar refractivity (Wildman–Crippen MR) is 52.9 cm³/mol. The molecule has 13 heavy (non-hydrogen) atoms. The van der Waals surface area contributed by atoms with Gasteiger partial charge in [0.25, 0.3) is 0 Å². The van der Waals surface area contributed by atoms with Crippen molar-refractivity contribution in [1.82, 2.24) is 5.43 Å². The van der Waals surface area contributed by atoms with Crippen molar-refractivity contribution in [2.24, 2.45) is 10.8 Å². The largest absolute Gasteiger partial charge is 0.326 e. The first-order valence-corrected chi connectivity index (χ1v) is 4.14. The number of nitrogens with zero attached hydrogens (tertiary/aromatic N) is 2. The van der Waals surface area contributed by atoms with Crippen molar-refractivity contribution in [3.05, 3.63) is 41.5 Å². The van der Waals surface area contributed by atoms with Crippen molar-refractivity contribution in [2.75, 3.05) is 0 Å². The van der Waals surface area contributed by atoms with Gasteiger partial charge in [0.05, 0.1) is 11.9 Å². The Labute approximate surface area is 77.0 Å². The van der Waals surface area contributed by atoms with Crippen LogP contribution in [-0.4, -0.2) is 6.21 Å². The van der Waals surface area contributed by atoms with E-state index in [9.17, 15) is 0 Å². The van der Waals surface area contributed by atoms with Gasteiger partial charge in [0, 0.05) is 12.1 Å². The van der Waals surface area contributed by atoms with Crippen LogP contribution in [0.15, 0.2) is 35.4 Å². The van der Waals surface area contributed by atoms with E-state index in [1.54, 1.807) is 6.21 Å². The molecule has 0 amide bonds. The lowest BCUT2D eigenvalue weighted by Gasteiger charge is -2.01. The van der Waals surface area contributed by atoms with Crippen LogP contribution in [0.1, 0.15) is 11.1 Å². The first-order valence-electron chi connectivity index (χ1n) is 4.14. The highest BCUT2D eigenvalue weighted by Crippen LogP contribution is 2.15. The molecule has 0 fully saturated rings. The summed E-state index contributed by atoms with van der Waals surface area (Å²) in [5.74, 6) is 0. The molecule has 1 radical (unpaired) electrons. The minimum atomic E-state index is 0.576. The normalized spacial score (nSPS) is 14.1. The summed E-state index contributed by atoms with van der Waals surface area (Å²) < 4.78 is 0. The fourth-order valence-electron chi connectivity index (χ4n) is 1.20. The topological polar surface area (TPSA) is 52.5 Å². The highest BCUT2D eigenvalue weighted by Gasteiger charge is 2.04. The van der Waals surface area contributed by atoms with Gasteiger partial charge in [0.15, 0.2) is 0 Å². The zero-order chi connectivity index (χ0) is 9.10. The predicted octanol–water partition coefficient (Wildman–Crippen LogP) is 1.09. The van der Waals surface area contributed by atoms with E-state index in [2.05, 4.69) is 10.5 Å². The Kier molecular flexibility index (Phi) is 2.10. The minimum Gasteiger partial charge on any atom is -0.326 e. The minimum absolute atomic E-state index is 0.576. The second kappa shape index (κ2) is 3.41. The smallest absolute Gasteiger partial charge is 0.0945 e. The molecule has 1 heterocycles. The van der Waals surface area contributed by atoms with E-state index in [-0.39, 0.29) is 0 Å². The molecule has 0 bridgehead atoms. The summed E-state index contributed by atoms with van der Waals surface area (Å²) in [5, 5.41) is 3.77. The van der Waals surface area contributed by atoms with E-state index in [0.717, 1.165) is 16.8 Å². The molecule has 3 nitrogen and oxygen atoms in total. The molecule has 0 unspecified atom stereocenters. The second-order valence-corrected chi connectivity index (χ2v) is 2.82. The molecule has 0 atom stereocenters. The lowest BCUT2D eigenvalue weighted by atomic mass is 10.1. The highest BCUT2D eigenvalue weighted by molar-refractivity contribution is 5.87. The van der Waals surface area contributed by atoms with Gasteiger partial charge in [0.1, 0.15) is 0 Å². The van der Waals surface area contributed by atoms with E-state index >= 15 is 0 Å². The summed E-state index contributed by atoms with van der Waals surface area (Å²) in [6, 6.07) is 8.02. The van der Waals surface area contributed by atoms with E-state index in [1.807, 2.05) is 30.3 Å². The van der Waals surface area contributed by atoms with Crippen LogP contribution in [0.4, 0.5) is 0 Å². The van der Waals surface area contributed by atoms with Gasteiger partial charge in [-0.2, -0.15) is 10.5 Å². The van der Waals surface area contributed by atoms with Gasteiger partial charge in [-0.1, -0.05) is 24.3 Å². The van der Waals surface area contributed by atoms with Crippen molar-refractivity contribution >= 4 is 11.9 Å². The number of benzene rings is 1. The maximum atomic E-state index is 5.49. The molecule has 1 aromatic carbocycles. The van der Waals surface area contributed by atoms with Crippen LogP contribution in [0, 0.1) is 0 Å². The molecule has 1 aliphatic rings. The van der Waals surface area contributed by atoms with Crippen molar-refractivity contribution in [3.63, 3.8) is 0 Å². The Morgan fingerprint density at radius 3 is 2.46 bits per heavy atom. The molecule has 2 N–H and O–H groups in total. The zero-order valence-corrected chi connectivity index (χ0v) is 7.14. The number of nitrogens with two attached hydrogens (primary N) is 1. The summed E-state index contributed by atoms with van der Waals surface area (Å²) in [7, 11) is 0. The first-order chi connectivity index (χ1) is 6.40. The quantitative estimate of drug-likeness (QED) is 0.713. The maximum Gasteiger partial charge on any atom is 0.0945 e. The number of allylic oxidation sites excluding steroid dienone is 1. The Hall–Kier alpha value is -1.61. The molecule has 1 aromatic rings. The van der Waals surface area contributed by atoms with Gasteiger partial charge in [-0.15, -0.1) is 0 Å². The summed E-state index contributed by atoms with van der Waals surface area (Å²) in [6.07, 6.45) is 3.57. The van der Waals surface area contributed by atoms with Crippen molar-refractivity contribution < 1.29 is 0 Å². The first kappa shape index (κ1) is 8.01. The van der Waals surface area contributed by atoms with E-state index < -0.39 is 0 Å². The molecule has 0 saturated heterocycles. The van der Waals surface area contributed by atoms with E-state index in [4.69, 9.17) is 5.73 Å². The maximum absolute atomic E-state index is 5.49. The van der Waals surface area contributed by atoms with Crippen molar-refractivity contribution in [3.8, 4) is 0 Å². The van der Waals surface area contributed by atoms with Gasteiger partial charge in [-0.05, 0) is 11.6 Å². The highest BCUT2D eigenvalue weighted by atomic mass is 15.3. The lowest BCUT2D eigenvalue weighted by molar-refractivity contribution is 0.997. The second-order valence-electron chi connectivity index (χ2n) is 2.82. The van der Waals surface area contributed by atoms with Gasteiger partial charge < -0.3 is 5.73 Å². The number of hydrogen-bond donors (Lipinski definition) is 1. The Morgan fingerprint density at radius 1 is 1.15 bits per heavy atom. The molecule has 2 rings (SSSR count). The molecular formula is C10H10N3. The summed E-state index contributed by atoms with van der Waals surface area (Å²) in [6.45, 7) is 0.576. The SMILES string of the molecule is NCc1ccc(C2=CC=N[N]2)cc1. The van der Waals surface area contributed by atoms with Crippen LogP contribution in [0.5, 0.6) is 0 Å². The van der Waals surface area contributed by atoms with Crippen molar-refractivity contribution in [2.45, 2.75) is 6.54 Å². The Morgan fingerprint density at radius 2 is 1.92 bits per heavy atom. The molecule has 3 heteroatoms. The average Bonchev–Trinajstić information content (AvgIpc) is 2.71. The fraction of sp³-hybridized carbons (Fsp3) is 0.100. The number of rotatable bonds is 2. The summed E-state index contributed by atoms with van der Waals surface area (Å²) >= 11 is 0. The molecule has 65 valence electrons. The van der Waals surface area contributed by atoms with Crippen LogP contribution in [0.25, 0.3) is 5.70 Å². The molecule has 0 aliphatic carbocycles. The van der Waals surface area contributed by atoms with Crippen LogP contribution >= 0.6 is 0 Å². The summed E-state index contributed by atoms with van der Waals surface area (Å²) in [5.41, 5.74) is 12.6. The third kappa shape index (κ3) is 1.60. The zero-order valence-electron chi connectivity index (χ0n) is 7.14. The summed E-state index contributed by atoms with van der Waals surface area (Å²) in [4.78, 5) is 0. The lowest BCUT2D eigenvalue weighted by Crippen LogP contribution is -1.97. The van der Waals surface area contributed by atoms with Gasteiger partial charge >= 0.3 is 0 Å². The van der Waals surface area contributed by atoms with E-state index in [1.165, 1.54) is 0 Å². The molecule has 0 saturated carbocycles. The van der Waals surface area contributed by atoms with Gasteiger partial charge in [0.2, 0.25) is 0 Å². The fourth-order valence-corrected chi connectivity index (χ4v) is 1.20. The van der Waals surface area contributed by atoms with Gasteiger partial charge in [-0.3, -0.25) is 0 Å². The van der Waals surface area contributed by atoms with Crippen molar-refractivity contribution in [1.29, 1.82) is 0 Å². The van der Waals surface area contributed by atoms with Crippen LogP contribution in [0.3, 0.4) is 0 Å². The van der Waals surface area contributed by atoms with Crippen LogP contribution < -0.4 is 11.2 Å². The molecular weight excluding hydrogens is 162 g/mol. The number of hydrogen-bond acceptors (Lipinski definition) is 2. The Bertz CT molecular complexity index is 349. The monoisotopic (exact) mass is 172 g/mol. The molecule has 0 aromatic heterocycles. The average molecular weight is 172 g/mol. The molecule has 0 spiro atoms. The van der Waals surface area contributed by atoms with E-state index in [0.29, 0.717) is 6.54 Å².